The van der Waals surface area contributed by atoms with Crippen LogP contribution in [0.15, 0.2) is 30.6 Å². The number of likely N-dealkylation sites (tertiary alicyclic amines) is 1. The summed E-state index contributed by atoms with van der Waals surface area (Å²) in [6.07, 6.45) is -2.13. The summed E-state index contributed by atoms with van der Waals surface area (Å²) in [4.78, 5) is 36.8. The third-order valence-electron chi connectivity index (χ3n) is 5.33. The van der Waals surface area contributed by atoms with Crippen LogP contribution in [-0.2, 0) is 6.18 Å². The number of carbonyl (C=O) groups excluding carboxylic acids is 2. The van der Waals surface area contributed by atoms with E-state index in [-0.39, 0.29) is 47.5 Å². The topological polar surface area (TPSA) is 123 Å². The van der Waals surface area contributed by atoms with E-state index < -0.39 is 17.8 Å². The van der Waals surface area contributed by atoms with Gasteiger partial charge < -0.3 is 9.64 Å². The molecule has 1 saturated carbocycles. The molecule has 1 saturated heterocycles. The van der Waals surface area contributed by atoms with Crippen molar-refractivity contribution in [2.24, 2.45) is 23.6 Å². The van der Waals surface area contributed by atoms with E-state index in [9.17, 15) is 22.8 Å². The summed E-state index contributed by atoms with van der Waals surface area (Å²) in [6, 6.07) is 3.53. The number of hydrogen-bond acceptors (Lipinski definition) is 7. The fourth-order valence-corrected chi connectivity index (χ4v) is 3.69. The Morgan fingerprint density at radius 1 is 1.17 bits per heavy atom. The molecule has 0 unspecified atom stereocenters. The van der Waals surface area contributed by atoms with E-state index in [1.54, 1.807) is 4.90 Å². The zero-order valence-electron chi connectivity index (χ0n) is 15.5. The molecule has 0 bridgehead atoms. The summed E-state index contributed by atoms with van der Waals surface area (Å²) in [5.74, 6) is 4.63. The Balaban J connectivity index is 1.29. The Morgan fingerprint density at radius 2 is 1.83 bits per heavy atom. The summed E-state index contributed by atoms with van der Waals surface area (Å²) < 4.78 is 43.6. The molecule has 2 amide bonds. The number of rotatable bonds is 5. The van der Waals surface area contributed by atoms with Crippen LogP contribution in [-0.4, -0.2) is 51.4 Å². The molecule has 2 aromatic rings. The minimum absolute atomic E-state index is 0.00117. The normalized spacial score (nSPS) is 22.4. The van der Waals surface area contributed by atoms with Gasteiger partial charge in [-0.2, -0.15) is 13.2 Å². The second kappa shape index (κ2) is 7.52. The number of carbonyl (C=O) groups is 2. The highest BCUT2D eigenvalue weighted by Gasteiger charge is 2.57. The number of alkyl halides is 3. The second-order valence-electron chi connectivity index (χ2n) is 7.13. The molecule has 9 nitrogen and oxygen atoms in total. The molecule has 4 rings (SSSR count). The summed E-state index contributed by atoms with van der Waals surface area (Å²) >= 11 is 0. The molecule has 12 heteroatoms. The van der Waals surface area contributed by atoms with Gasteiger partial charge in [-0.25, -0.2) is 20.8 Å². The number of fused-ring (bicyclic) bond motifs is 1. The van der Waals surface area contributed by atoms with Crippen molar-refractivity contribution in [1.82, 2.24) is 25.3 Å². The summed E-state index contributed by atoms with van der Waals surface area (Å²) in [5.41, 5.74) is 1.05. The Hall–Kier alpha value is -3.28. The van der Waals surface area contributed by atoms with E-state index in [0.717, 1.165) is 6.07 Å². The number of aromatic nitrogens is 3. The molecule has 2 aliphatic rings. The van der Waals surface area contributed by atoms with Crippen LogP contribution in [0.2, 0.25) is 0 Å². The molecule has 158 valence electrons. The van der Waals surface area contributed by atoms with Crippen molar-refractivity contribution in [2.45, 2.75) is 6.18 Å². The van der Waals surface area contributed by atoms with Crippen molar-refractivity contribution in [2.75, 3.05) is 19.7 Å². The van der Waals surface area contributed by atoms with Crippen molar-refractivity contribution in [3.8, 4) is 5.88 Å². The lowest BCUT2D eigenvalue weighted by atomic mass is 10.2. The second-order valence-corrected chi connectivity index (χ2v) is 7.13. The quantitative estimate of drug-likeness (QED) is 0.417. The maximum absolute atomic E-state index is 12.7. The molecule has 3 atom stereocenters. The van der Waals surface area contributed by atoms with Gasteiger partial charge in [-0.1, -0.05) is 6.07 Å². The van der Waals surface area contributed by atoms with E-state index in [0.29, 0.717) is 13.1 Å². The predicted octanol–water partition coefficient (Wildman–Crippen LogP) is 0.891. The van der Waals surface area contributed by atoms with Crippen LogP contribution < -0.4 is 16.0 Å². The van der Waals surface area contributed by atoms with E-state index in [1.165, 1.54) is 24.5 Å². The molecule has 3 heterocycles. The Labute approximate surface area is 168 Å². The number of nitrogen functional groups attached to an aromatic ring is 1. The average Bonchev–Trinajstić information content (AvgIpc) is 3.19. The lowest BCUT2D eigenvalue weighted by molar-refractivity contribution is -0.141. The van der Waals surface area contributed by atoms with Gasteiger partial charge in [-0.05, 0) is 17.9 Å². The van der Waals surface area contributed by atoms with Crippen molar-refractivity contribution < 1.29 is 27.5 Å². The monoisotopic (exact) mass is 422 g/mol. The summed E-state index contributed by atoms with van der Waals surface area (Å²) in [7, 11) is 0. The SMILES string of the molecule is NNC(=O)c1cnc(C(=O)N2C[C@@H]3[C@@H](COc4cccc(C(F)(F)F)n4)[C@@H]3C2)cn1. The van der Waals surface area contributed by atoms with Crippen molar-refractivity contribution >= 4 is 11.8 Å². The van der Waals surface area contributed by atoms with Crippen LogP contribution >= 0.6 is 0 Å². The third-order valence-corrected chi connectivity index (χ3v) is 5.33. The average molecular weight is 422 g/mol. The van der Waals surface area contributed by atoms with Crippen LogP contribution in [0.1, 0.15) is 26.7 Å². The molecule has 1 aliphatic carbocycles. The number of nitrogens with zero attached hydrogens (tertiary/aromatic N) is 4. The fraction of sp³-hybridized carbons (Fsp3) is 0.389. The highest BCUT2D eigenvalue weighted by Crippen LogP contribution is 2.51. The largest absolute Gasteiger partial charge is 0.477 e. The first-order chi connectivity index (χ1) is 14.3. The van der Waals surface area contributed by atoms with E-state index in [1.807, 2.05) is 5.43 Å². The maximum atomic E-state index is 12.7. The number of pyridine rings is 1. The Kier molecular flexibility index (Phi) is 5.02. The van der Waals surface area contributed by atoms with Crippen molar-refractivity contribution in [3.05, 3.63) is 47.7 Å². The number of hydrogen-bond donors (Lipinski definition) is 2. The Morgan fingerprint density at radius 3 is 2.43 bits per heavy atom. The van der Waals surface area contributed by atoms with Gasteiger partial charge >= 0.3 is 6.18 Å². The zero-order valence-corrected chi connectivity index (χ0v) is 15.5. The number of ether oxygens (including phenoxy) is 1. The van der Waals surface area contributed by atoms with Crippen LogP contribution in [0.3, 0.4) is 0 Å². The minimum Gasteiger partial charge on any atom is -0.477 e. The summed E-state index contributed by atoms with van der Waals surface area (Å²) in [6.45, 7) is 1.24. The van der Waals surface area contributed by atoms with Gasteiger partial charge in [0, 0.05) is 25.1 Å². The van der Waals surface area contributed by atoms with Gasteiger partial charge in [0.05, 0.1) is 19.0 Å². The molecule has 1 aliphatic heterocycles. The molecule has 0 spiro atoms. The third kappa shape index (κ3) is 3.90. The first-order valence-electron chi connectivity index (χ1n) is 9.07. The van der Waals surface area contributed by atoms with Crippen LogP contribution in [0, 0.1) is 17.8 Å². The van der Waals surface area contributed by atoms with Crippen LogP contribution in [0.25, 0.3) is 0 Å². The van der Waals surface area contributed by atoms with Gasteiger partial charge in [-0.15, -0.1) is 0 Å². The number of amides is 2. The molecule has 2 fully saturated rings. The predicted molar refractivity (Wildman–Crippen MR) is 94.8 cm³/mol. The molecule has 2 aromatic heterocycles. The van der Waals surface area contributed by atoms with Gasteiger partial charge in [0.2, 0.25) is 5.88 Å². The highest BCUT2D eigenvalue weighted by molar-refractivity contribution is 5.94. The first-order valence-corrected chi connectivity index (χ1v) is 9.07. The zero-order chi connectivity index (χ0) is 21.5. The molecule has 0 aromatic carbocycles. The highest BCUT2D eigenvalue weighted by atomic mass is 19.4. The number of halogens is 3. The van der Waals surface area contributed by atoms with E-state index >= 15 is 0 Å². The van der Waals surface area contributed by atoms with Crippen molar-refractivity contribution in [3.63, 3.8) is 0 Å². The van der Waals surface area contributed by atoms with E-state index in [4.69, 9.17) is 10.6 Å². The molecule has 0 radical (unpaired) electrons. The molecule has 3 N–H and O–H groups in total. The Bertz CT molecular complexity index is 956. The number of hydrazine groups is 1. The number of nitrogens with one attached hydrogen (secondary N) is 1. The minimum atomic E-state index is -4.52. The van der Waals surface area contributed by atoms with Gasteiger partial charge in [-0.3, -0.25) is 15.0 Å². The first kappa shape index (κ1) is 20.0. The van der Waals surface area contributed by atoms with Gasteiger partial charge in [0.25, 0.3) is 11.8 Å². The van der Waals surface area contributed by atoms with E-state index in [2.05, 4.69) is 15.0 Å². The van der Waals surface area contributed by atoms with Gasteiger partial charge in [0.15, 0.2) is 0 Å². The molecule has 30 heavy (non-hydrogen) atoms. The molecular formula is C18H17F3N6O3. The lowest BCUT2D eigenvalue weighted by Gasteiger charge is -2.19. The molecular weight excluding hydrogens is 405 g/mol. The number of nitrogens with two attached hydrogens (primary N) is 1. The maximum Gasteiger partial charge on any atom is 0.433 e. The fourth-order valence-electron chi connectivity index (χ4n) is 3.69. The van der Waals surface area contributed by atoms with Gasteiger partial charge in [0.1, 0.15) is 17.1 Å². The summed E-state index contributed by atoms with van der Waals surface area (Å²) in [5, 5.41) is 0. The lowest BCUT2D eigenvalue weighted by Crippen LogP contribution is -2.33. The number of piperidine rings is 1. The standard InChI is InChI=1S/C18H17F3N6O3/c19-18(20,21)14-2-1-3-15(25-14)30-8-11-9-6-27(7-10(9)11)17(29)13-5-23-12(4-24-13)16(28)26-22/h1-5,9-11H,6-8,22H2,(H,26,28)/t9-,10+,11+. The smallest absolute Gasteiger partial charge is 0.433 e. The van der Waals surface area contributed by atoms with Crippen LogP contribution in [0.4, 0.5) is 13.2 Å². The van der Waals surface area contributed by atoms with Crippen molar-refractivity contribution in [1.29, 1.82) is 0 Å². The van der Waals surface area contributed by atoms with Crippen LogP contribution in [0.5, 0.6) is 5.88 Å².